The number of halogens is 2. The van der Waals surface area contributed by atoms with Gasteiger partial charge in [0.05, 0.1) is 17.6 Å². The summed E-state index contributed by atoms with van der Waals surface area (Å²) in [6.45, 7) is 0.867. The summed E-state index contributed by atoms with van der Waals surface area (Å²) in [5, 5.41) is 4.15. The summed E-state index contributed by atoms with van der Waals surface area (Å²) in [6.07, 6.45) is 1.61. The maximum atomic E-state index is 13.0. The number of hydrogen-bond donors (Lipinski definition) is 1. The molecule has 0 unspecified atom stereocenters. The largest absolute Gasteiger partial charge is 0.324 e. The Labute approximate surface area is 100 Å². The summed E-state index contributed by atoms with van der Waals surface area (Å²) < 4.78 is 15.1. The normalized spacial score (nSPS) is 10.7. The van der Waals surface area contributed by atoms with Gasteiger partial charge in [-0.15, -0.1) is 0 Å². The van der Waals surface area contributed by atoms with Crippen LogP contribution in [0, 0.1) is 5.82 Å². The molecule has 16 heavy (non-hydrogen) atoms. The number of nitrogens with two attached hydrogens (primary N) is 1. The summed E-state index contributed by atoms with van der Waals surface area (Å²) >= 11 is 3.14. The number of hydrogen-bond acceptors (Lipinski definition) is 3. The fourth-order valence-corrected chi connectivity index (χ4v) is 1.75. The zero-order chi connectivity index (χ0) is 11.5. The number of benzene rings is 1. The number of rotatable bonds is 3. The molecule has 0 aliphatic carbocycles. The minimum Gasteiger partial charge on any atom is -0.324 e. The van der Waals surface area contributed by atoms with Crippen LogP contribution >= 0.6 is 15.9 Å². The van der Waals surface area contributed by atoms with Gasteiger partial charge in [-0.2, -0.15) is 5.10 Å². The van der Waals surface area contributed by atoms with Gasteiger partial charge in [0, 0.05) is 0 Å². The van der Waals surface area contributed by atoms with Gasteiger partial charge in [-0.05, 0) is 33.6 Å². The molecule has 0 saturated heterocycles. The van der Waals surface area contributed by atoms with Crippen LogP contribution < -0.4 is 5.73 Å². The Balaban J connectivity index is 2.17. The van der Waals surface area contributed by atoms with Crippen molar-refractivity contribution < 1.29 is 4.39 Å². The molecule has 1 heterocycles. The molecule has 0 saturated carbocycles. The molecule has 0 amide bonds. The molecule has 0 spiro atoms. The molecule has 6 heteroatoms. The summed E-state index contributed by atoms with van der Waals surface area (Å²) in [7, 11) is 0. The van der Waals surface area contributed by atoms with Gasteiger partial charge in [-0.1, -0.05) is 6.07 Å². The first-order valence-corrected chi connectivity index (χ1v) is 5.50. The first-order valence-electron chi connectivity index (χ1n) is 4.71. The van der Waals surface area contributed by atoms with Crippen LogP contribution in [0.15, 0.2) is 29.0 Å². The van der Waals surface area contributed by atoms with Gasteiger partial charge < -0.3 is 5.73 Å². The van der Waals surface area contributed by atoms with Gasteiger partial charge in [-0.25, -0.2) is 14.1 Å². The van der Waals surface area contributed by atoms with E-state index in [4.69, 9.17) is 5.73 Å². The van der Waals surface area contributed by atoms with Crippen molar-refractivity contribution >= 4 is 15.9 Å². The lowest BCUT2D eigenvalue weighted by Gasteiger charge is -2.02. The first kappa shape index (κ1) is 11.2. The minimum absolute atomic E-state index is 0.273. The van der Waals surface area contributed by atoms with Crippen LogP contribution in [-0.4, -0.2) is 14.8 Å². The summed E-state index contributed by atoms with van der Waals surface area (Å²) in [6, 6.07) is 4.85. The molecule has 0 radical (unpaired) electrons. The minimum atomic E-state index is -0.273. The average Bonchev–Trinajstić information content (AvgIpc) is 2.71. The van der Waals surface area contributed by atoms with Crippen LogP contribution in [0.2, 0.25) is 0 Å². The zero-order valence-corrected chi connectivity index (χ0v) is 9.98. The molecule has 0 aliphatic heterocycles. The smallest absolute Gasteiger partial charge is 0.164 e. The highest BCUT2D eigenvalue weighted by atomic mass is 79.9. The van der Waals surface area contributed by atoms with Crippen molar-refractivity contribution in [2.24, 2.45) is 5.73 Å². The lowest BCUT2D eigenvalue weighted by molar-refractivity contribution is 0.617. The standard InChI is InChI=1S/C10H10BrFN4/c11-8-3-7(1-2-9(8)12)5-16-6-14-10(4-13)15-16/h1-3,6H,4-5,13H2. The number of nitrogens with zero attached hydrogens (tertiary/aromatic N) is 3. The zero-order valence-electron chi connectivity index (χ0n) is 8.40. The van der Waals surface area contributed by atoms with Gasteiger partial charge >= 0.3 is 0 Å². The third-order valence-corrected chi connectivity index (χ3v) is 2.70. The van der Waals surface area contributed by atoms with Crippen molar-refractivity contribution in [3.05, 3.63) is 46.2 Å². The van der Waals surface area contributed by atoms with Crippen LogP contribution in [-0.2, 0) is 13.1 Å². The fraction of sp³-hybridized carbons (Fsp3) is 0.200. The van der Waals surface area contributed by atoms with Crippen LogP contribution in [0.1, 0.15) is 11.4 Å². The second-order valence-electron chi connectivity index (χ2n) is 3.31. The molecule has 2 N–H and O–H groups in total. The van der Waals surface area contributed by atoms with Gasteiger partial charge in [-0.3, -0.25) is 0 Å². The molecule has 1 aromatic carbocycles. The molecular weight excluding hydrogens is 275 g/mol. The van der Waals surface area contributed by atoms with E-state index in [0.29, 0.717) is 23.4 Å². The van der Waals surface area contributed by atoms with Crippen LogP contribution in [0.3, 0.4) is 0 Å². The van der Waals surface area contributed by atoms with E-state index in [-0.39, 0.29) is 5.82 Å². The monoisotopic (exact) mass is 284 g/mol. The summed E-state index contributed by atoms with van der Waals surface area (Å²) in [5.74, 6) is 0.325. The molecule has 4 nitrogen and oxygen atoms in total. The van der Waals surface area contributed by atoms with E-state index in [1.807, 2.05) is 0 Å². The van der Waals surface area contributed by atoms with E-state index >= 15 is 0 Å². The topological polar surface area (TPSA) is 56.7 Å². The summed E-state index contributed by atoms with van der Waals surface area (Å²) in [5.41, 5.74) is 6.35. The van der Waals surface area contributed by atoms with E-state index < -0.39 is 0 Å². The van der Waals surface area contributed by atoms with Crippen molar-refractivity contribution in [2.45, 2.75) is 13.1 Å². The van der Waals surface area contributed by atoms with Gasteiger partial charge in [0.1, 0.15) is 12.1 Å². The predicted molar refractivity (Wildman–Crippen MR) is 61.1 cm³/mol. The Bertz CT molecular complexity index is 497. The van der Waals surface area contributed by atoms with Crippen molar-refractivity contribution in [1.82, 2.24) is 14.8 Å². The Morgan fingerprint density at radius 3 is 2.88 bits per heavy atom. The predicted octanol–water partition coefficient (Wildman–Crippen LogP) is 1.69. The third kappa shape index (κ3) is 2.45. The molecule has 0 atom stereocenters. The van der Waals surface area contributed by atoms with E-state index in [1.165, 1.54) is 6.07 Å². The Hall–Kier alpha value is -1.27. The maximum Gasteiger partial charge on any atom is 0.164 e. The van der Waals surface area contributed by atoms with Crippen LogP contribution in [0.4, 0.5) is 4.39 Å². The first-order chi connectivity index (χ1) is 7.69. The summed E-state index contributed by atoms with van der Waals surface area (Å²) in [4.78, 5) is 4.01. The SMILES string of the molecule is NCc1ncn(Cc2ccc(F)c(Br)c2)n1. The second kappa shape index (κ2) is 4.71. The molecule has 1 aromatic heterocycles. The van der Waals surface area contributed by atoms with Crippen LogP contribution in [0.25, 0.3) is 0 Å². The molecule has 0 fully saturated rings. The molecule has 0 bridgehead atoms. The van der Waals surface area contributed by atoms with Crippen molar-refractivity contribution in [3.63, 3.8) is 0 Å². The highest BCUT2D eigenvalue weighted by Crippen LogP contribution is 2.17. The van der Waals surface area contributed by atoms with Crippen molar-refractivity contribution in [3.8, 4) is 0 Å². The highest BCUT2D eigenvalue weighted by Gasteiger charge is 2.03. The van der Waals surface area contributed by atoms with E-state index in [2.05, 4.69) is 26.0 Å². The van der Waals surface area contributed by atoms with E-state index in [0.717, 1.165) is 5.56 Å². The fourth-order valence-electron chi connectivity index (χ4n) is 1.33. The van der Waals surface area contributed by atoms with Gasteiger partial charge in [0.15, 0.2) is 5.82 Å². The quantitative estimate of drug-likeness (QED) is 0.933. The molecule has 84 valence electrons. The lowest BCUT2D eigenvalue weighted by atomic mass is 10.2. The Morgan fingerprint density at radius 1 is 1.44 bits per heavy atom. The average molecular weight is 285 g/mol. The van der Waals surface area contributed by atoms with E-state index in [1.54, 1.807) is 23.1 Å². The Morgan fingerprint density at radius 2 is 2.25 bits per heavy atom. The molecule has 2 rings (SSSR count). The van der Waals surface area contributed by atoms with Crippen LogP contribution in [0.5, 0.6) is 0 Å². The lowest BCUT2D eigenvalue weighted by Crippen LogP contribution is -2.03. The molecule has 2 aromatic rings. The second-order valence-corrected chi connectivity index (χ2v) is 4.17. The maximum absolute atomic E-state index is 13.0. The van der Waals surface area contributed by atoms with Gasteiger partial charge in [0.25, 0.3) is 0 Å². The van der Waals surface area contributed by atoms with Crippen molar-refractivity contribution in [1.29, 1.82) is 0 Å². The van der Waals surface area contributed by atoms with Gasteiger partial charge in [0.2, 0.25) is 0 Å². The Kier molecular flexibility index (Phi) is 3.31. The molecular formula is C10H10BrFN4. The highest BCUT2D eigenvalue weighted by molar-refractivity contribution is 9.10. The van der Waals surface area contributed by atoms with Crippen molar-refractivity contribution in [2.75, 3.05) is 0 Å². The third-order valence-electron chi connectivity index (χ3n) is 2.10. The molecule has 0 aliphatic rings. The van der Waals surface area contributed by atoms with E-state index in [9.17, 15) is 4.39 Å². The number of aromatic nitrogens is 3.